The molecule has 156 valence electrons. The van der Waals surface area contributed by atoms with Gasteiger partial charge in [-0.2, -0.15) is 10.1 Å². The fourth-order valence-electron chi connectivity index (χ4n) is 3.62. The van der Waals surface area contributed by atoms with Crippen LogP contribution in [-0.4, -0.2) is 39.0 Å². The largest absolute Gasteiger partial charge is 0.337 e. The maximum Gasteiger partial charge on any atom is 0.263 e. The minimum absolute atomic E-state index is 0.0474. The Morgan fingerprint density at radius 1 is 1.06 bits per heavy atom. The highest BCUT2D eigenvalue weighted by molar-refractivity contribution is 6.25. The summed E-state index contributed by atoms with van der Waals surface area (Å²) in [4.78, 5) is 30.7. The smallest absolute Gasteiger partial charge is 0.263 e. The number of aromatic nitrogens is 2. The van der Waals surface area contributed by atoms with Crippen LogP contribution in [0.15, 0.2) is 57.3 Å². The summed E-state index contributed by atoms with van der Waals surface area (Å²) in [5, 5.41) is 13.0. The number of hydrogen-bond acceptors (Lipinski definition) is 8. The number of rotatable bonds is 4. The number of imide groups is 1. The van der Waals surface area contributed by atoms with Gasteiger partial charge >= 0.3 is 0 Å². The molecule has 1 saturated heterocycles. The van der Waals surface area contributed by atoms with Crippen LogP contribution in [0.25, 0.3) is 11.4 Å². The van der Waals surface area contributed by atoms with Crippen molar-refractivity contribution in [3.8, 4) is 11.4 Å². The van der Waals surface area contributed by atoms with Crippen molar-refractivity contribution >= 4 is 17.5 Å². The molecule has 1 aromatic heterocycles. The molecule has 2 atom stereocenters. The molecule has 31 heavy (non-hydrogen) atoms. The molecule has 0 aliphatic carbocycles. The molecule has 11 heteroatoms. The lowest BCUT2D eigenvalue weighted by molar-refractivity contribution is -0.123. The highest BCUT2D eigenvalue weighted by Gasteiger charge is 2.55. The van der Waals surface area contributed by atoms with Crippen molar-refractivity contribution in [3.63, 3.8) is 0 Å². The quantitative estimate of drug-likeness (QED) is 0.597. The Hall–Kier alpha value is -4.02. The van der Waals surface area contributed by atoms with Crippen molar-refractivity contribution in [2.75, 3.05) is 4.90 Å². The van der Waals surface area contributed by atoms with E-state index in [1.165, 1.54) is 5.01 Å². The van der Waals surface area contributed by atoms with E-state index in [0.29, 0.717) is 5.82 Å². The fraction of sp³-hybridized carbons (Fsp3) is 0.200. The SMILES string of the molecule is Cc1ccccc1-c1noc(CN2N=N[C@H]3C(=O)N(c4ccc(F)c(F)c4)C(=O)[C@H]32)n1. The van der Waals surface area contributed by atoms with E-state index >= 15 is 0 Å². The van der Waals surface area contributed by atoms with Crippen molar-refractivity contribution < 1.29 is 22.9 Å². The third-order valence-electron chi connectivity index (χ3n) is 5.17. The Morgan fingerprint density at radius 3 is 2.65 bits per heavy atom. The second-order valence-corrected chi connectivity index (χ2v) is 7.13. The molecule has 9 nitrogen and oxygen atoms in total. The van der Waals surface area contributed by atoms with Gasteiger partial charge in [0.25, 0.3) is 11.8 Å². The van der Waals surface area contributed by atoms with Crippen LogP contribution in [0.5, 0.6) is 0 Å². The van der Waals surface area contributed by atoms with Crippen LogP contribution in [0.2, 0.25) is 0 Å². The molecule has 3 aromatic rings. The summed E-state index contributed by atoms with van der Waals surface area (Å²) in [6.45, 7) is 1.87. The predicted octanol–water partition coefficient (Wildman–Crippen LogP) is 2.82. The first kappa shape index (κ1) is 19.0. The number of nitrogens with zero attached hydrogens (tertiary/aromatic N) is 6. The third-order valence-corrected chi connectivity index (χ3v) is 5.17. The van der Waals surface area contributed by atoms with Gasteiger partial charge in [0.15, 0.2) is 23.7 Å². The molecule has 0 unspecified atom stereocenters. The number of fused-ring (bicyclic) bond motifs is 1. The van der Waals surface area contributed by atoms with Crippen LogP contribution in [0.1, 0.15) is 11.5 Å². The van der Waals surface area contributed by atoms with Crippen LogP contribution >= 0.6 is 0 Å². The molecule has 0 N–H and O–H groups in total. The van der Waals surface area contributed by atoms with Crippen molar-refractivity contribution in [2.24, 2.45) is 10.3 Å². The summed E-state index contributed by atoms with van der Waals surface area (Å²) in [5.41, 5.74) is 1.70. The first-order valence-corrected chi connectivity index (χ1v) is 9.33. The number of halogens is 2. The number of carbonyl (C=O) groups is 2. The zero-order valence-electron chi connectivity index (χ0n) is 16.1. The van der Waals surface area contributed by atoms with Gasteiger partial charge in [0, 0.05) is 11.6 Å². The molecule has 5 rings (SSSR count). The summed E-state index contributed by atoms with van der Waals surface area (Å²) >= 11 is 0. The van der Waals surface area contributed by atoms with Gasteiger partial charge in [-0.15, -0.1) is 0 Å². The maximum absolute atomic E-state index is 13.6. The van der Waals surface area contributed by atoms with Gasteiger partial charge in [0.1, 0.15) is 6.54 Å². The van der Waals surface area contributed by atoms with Crippen molar-refractivity contribution in [2.45, 2.75) is 25.6 Å². The van der Waals surface area contributed by atoms with Crippen molar-refractivity contribution in [1.29, 1.82) is 0 Å². The van der Waals surface area contributed by atoms with E-state index in [9.17, 15) is 18.4 Å². The molecule has 2 aromatic carbocycles. The van der Waals surface area contributed by atoms with E-state index in [1.807, 2.05) is 31.2 Å². The zero-order chi connectivity index (χ0) is 21.7. The Kier molecular flexibility index (Phi) is 4.31. The molecule has 1 fully saturated rings. The first-order chi connectivity index (χ1) is 14.9. The Morgan fingerprint density at radius 2 is 1.87 bits per heavy atom. The topological polar surface area (TPSA) is 104 Å². The van der Waals surface area contributed by atoms with Gasteiger partial charge < -0.3 is 4.52 Å². The molecule has 3 heterocycles. The lowest BCUT2D eigenvalue weighted by Crippen LogP contribution is -2.39. The second-order valence-electron chi connectivity index (χ2n) is 7.13. The maximum atomic E-state index is 13.6. The van der Waals surface area contributed by atoms with Crippen LogP contribution in [-0.2, 0) is 16.1 Å². The number of anilines is 1. The Balaban J connectivity index is 1.38. The summed E-state index contributed by atoms with van der Waals surface area (Å²) < 4.78 is 32.1. The minimum Gasteiger partial charge on any atom is -0.337 e. The number of benzene rings is 2. The van der Waals surface area contributed by atoms with Gasteiger partial charge in [0.2, 0.25) is 11.7 Å². The number of hydrogen-bond donors (Lipinski definition) is 0. The van der Waals surface area contributed by atoms with E-state index in [2.05, 4.69) is 20.5 Å². The number of aryl methyl sites for hydroxylation is 1. The molecule has 0 saturated carbocycles. The van der Waals surface area contributed by atoms with E-state index in [-0.39, 0.29) is 18.1 Å². The molecule has 2 amide bonds. The van der Waals surface area contributed by atoms with E-state index < -0.39 is 35.5 Å². The normalized spacial score (nSPS) is 20.1. The molecular formula is C20H14F2N6O3. The summed E-state index contributed by atoms with van der Waals surface area (Å²) in [5.74, 6) is -2.99. The van der Waals surface area contributed by atoms with Gasteiger partial charge in [-0.05, 0) is 24.6 Å². The fourth-order valence-corrected chi connectivity index (χ4v) is 3.62. The van der Waals surface area contributed by atoms with Crippen LogP contribution in [0.3, 0.4) is 0 Å². The standard InChI is InChI=1S/C20H14F2N6O3/c1-10-4-2-3-5-12(10)18-23-15(31-25-18)9-27-17-16(24-26-27)19(29)28(20(17)30)11-6-7-13(21)14(22)8-11/h2-8,16-17H,9H2,1H3/t16-,17+/m1/s1. The van der Waals surface area contributed by atoms with Gasteiger partial charge in [0.05, 0.1) is 5.69 Å². The molecule has 0 bridgehead atoms. The van der Waals surface area contributed by atoms with Crippen LogP contribution in [0, 0.1) is 18.6 Å². The predicted molar refractivity (Wildman–Crippen MR) is 101 cm³/mol. The average molecular weight is 424 g/mol. The second kappa shape index (κ2) is 7.04. The number of carbonyl (C=O) groups excluding carboxylic acids is 2. The monoisotopic (exact) mass is 424 g/mol. The van der Waals surface area contributed by atoms with Gasteiger partial charge in [-0.3, -0.25) is 14.6 Å². The summed E-state index contributed by atoms with van der Waals surface area (Å²) in [6, 6.07) is 8.20. The first-order valence-electron chi connectivity index (χ1n) is 9.33. The molecule has 0 radical (unpaired) electrons. The highest BCUT2D eigenvalue weighted by Crippen LogP contribution is 2.33. The third kappa shape index (κ3) is 3.05. The summed E-state index contributed by atoms with van der Waals surface area (Å²) in [7, 11) is 0. The zero-order valence-corrected chi connectivity index (χ0v) is 16.1. The summed E-state index contributed by atoms with van der Waals surface area (Å²) in [6.07, 6.45) is 0. The van der Waals surface area contributed by atoms with Crippen molar-refractivity contribution in [1.82, 2.24) is 15.1 Å². The van der Waals surface area contributed by atoms with E-state index in [4.69, 9.17) is 4.52 Å². The lowest BCUT2D eigenvalue weighted by atomic mass is 10.1. The van der Waals surface area contributed by atoms with E-state index in [1.54, 1.807) is 0 Å². The van der Waals surface area contributed by atoms with E-state index in [0.717, 1.165) is 34.2 Å². The van der Waals surface area contributed by atoms with Crippen molar-refractivity contribution in [3.05, 3.63) is 65.6 Å². The minimum atomic E-state index is -1.16. The lowest BCUT2D eigenvalue weighted by Gasteiger charge is -2.19. The van der Waals surface area contributed by atoms with Crippen LogP contribution < -0.4 is 4.90 Å². The Bertz CT molecular complexity index is 1240. The average Bonchev–Trinajstić information content (AvgIpc) is 3.43. The highest BCUT2D eigenvalue weighted by atomic mass is 19.2. The Labute approximate surface area is 173 Å². The number of amides is 2. The molecule has 2 aliphatic heterocycles. The van der Waals surface area contributed by atoms with Gasteiger partial charge in [-0.1, -0.05) is 34.6 Å². The molecule has 2 aliphatic rings. The van der Waals surface area contributed by atoms with Gasteiger partial charge in [-0.25, -0.2) is 13.7 Å². The molecular weight excluding hydrogens is 410 g/mol. The molecule has 0 spiro atoms. The van der Waals surface area contributed by atoms with Crippen LogP contribution in [0.4, 0.5) is 14.5 Å².